The third kappa shape index (κ3) is 4.29. The van der Waals surface area contributed by atoms with E-state index in [1.165, 1.54) is 0 Å². The van der Waals surface area contributed by atoms with E-state index in [9.17, 15) is 9.59 Å². The second kappa shape index (κ2) is 5.70. The van der Waals surface area contributed by atoms with Gasteiger partial charge in [0.25, 0.3) is 0 Å². The zero-order valence-corrected chi connectivity index (χ0v) is 9.21. The molecule has 0 saturated carbocycles. The molecule has 1 saturated heterocycles. The molecule has 0 bridgehead atoms. The Balaban J connectivity index is 2.24. The average molecular weight is 214 g/mol. The maximum atomic E-state index is 11.5. The molecule has 0 radical (unpaired) electrons. The average Bonchev–Trinajstić information content (AvgIpc) is 2.17. The van der Waals surface area contributed by atoms with Crippen molar-refractivity contribution in [2.24, 2.45) is 5.92 Å². The van der Waals surface area contributed by atoms with Gasteiger partial charge in [0.05, 0.1) is 6.61 Å². The van der Waals surface area contributed by atoms with E-state index in [4.69, 9.17) is 4.74 Å². The zero-order chi connectivity index (χ0) is 11.3. The second-order valence-electron chi connectivity index (χ2n) is 4.11. The predicted molar refractivity (Wildman–Crippen MR) is 55.2 cm³/mol. The first-order chi connectivity index (χ1) is 7.09. The van der Waals surface area contributed by atoms with E-state index in [2.05, 4.69) is 24.5 Å². The highest BCUT2D eigenvalue weighted by Gasteiger charge is 2.24. The number of carbonyl (C=O) groups is 2. The van der Waals surface area contributed by atoms with Crippen molar-refractivity contribution in [1.82, 2.24) is 10.6 Å². The highest BCUT2D eigenvalue weighted by atomic mass is 16.5. The summed E-state index contributed by atoms with van der Waals surface area (Å²) < 4.78 is 4.97. The Morgan fingerprint density at radius 2 is 2.40 bits per heavy atom. The standard InChI is InChI=1S/C10H18N2O3/c1-7(2)3-4-11-10(14)8-5-15-6-9(13)12-8/h7-8H,3-6H2,1-2H3,(H,11,14)(H,12,13). The maximum absolute atomic E-state index is 11.5. The Kier molecular flexibility index (Phi) is 4.55. The van der Waals surface area contributed by atoms with Gasteiger partial charge in [-0.1, -0.05) is 13.8 Å². The summed E-state index contributed by atoms with van der Waals surface area (Å²) in [6, 6.07) is -0.529. The van der Waals surface area contributed by atoms with Gasteiger partial charge in [-0.2, -0.15) is 0 Å². The van der Waals surface area contributed by atoms with Crippen LogP contribution in [0.4, 0.5) is 0 Å². The Labute approximate surface area is 89.6 Å². The van der Waals surface area contributed by atoms with Crippen LogP contribution < -0.4 is 10.6 Å². The maximum Gasteiger partial charge on any atom is 0.246 e. The van der Waals surface area contributed by atoms with Crippen LogP contribution in [0.1, 0.15) is 20.3 Å². The minimum absolute atomic E-state index is 0.0514. The smallest absolute Gasteiger partial charge is 0.246 e. The molecule has 0 spiro atoms. The number of amides is 2. The summed E-state index contributed by atoms with van der Waals surface area (Å²) >= 11 is 0. The highest BCUT2D eigenvalue weighted by molar-refractivity contribution is 5.88. The molecule has 1 unspecified atom stereocenters. The van der Waals surface area contributed by atoms with E-state index >= 15 is 0 Å². The number of hydrogen-bond donors (Lipinski definition) is 2. The van der Waals surface area contributed by atoms with Gasteiger partial charge >= 0.3 is 0 Å². The molecular formula is C10H18N2O3. The van der Waals surface area contributed by atoms with Gasteiger partial charge in [-0.05, 0) is 12.3 Å². The summed E-state index contributed by atoms with van der Waals surface area (Å²) in [6.07, 6.45) is 0.938. The van der Waals surface area contributed by atoms with Crippen molar-refractivity contribution in [1.29, 1.82) is 0 Å². The first-order valence-corrected chi connectivity index (χ1v) is 5.24. The van der Waals surface area contributed by atoms with Crippen molar-refractivity contribution >= 4 is 11.8 Å². The van der Waals surface area contributed by atoms with Crippen molar-refractivity contribution in [2.75, 3.05) is 19.8 Å². The lowest BCUT2D eigenvalue weighted by Crippen LogP contribution is -2.54. The second-order valence-corrected chi connectivity index (χ2v) is 4.11. The van der Waals surface area contributed by atoms with Gasteiger partial charge in [0.1, 0.15) is 12.6 Å². The molecule has 1 aliphatic rings. The number of carbonyl (C=O) groups excluding carboxylic acids is 2. The van der Waals surface area contributed by atoms with Gasteiger partial charge in [-0.15, -0.1) is 0 Å². The largest absolute Gasteiger partial charge is 0.369 e. The monoisotopic (exact) mass is 214 g/mol. The van der Waals surface area contributed by atoms with Crippen LogP contribution in [-0.4, -0.2) is 37.6 Å². The molecule has 2 N–H and O–H groups in total. The quantitative estimate of drug-likeness (QED) is 0.673. The zero-order valence-electron chi connectivity index (χ0n) is 9.21. The number of morpholine rings is 1. The van der Waals surface area contributed by atoms with Crippen LogP contribution in [0, 0.1) is 5.92 Å². The molecule has 1 aliphatic heterocycles. The summed E-state index contributed by atoms with van der Waals surface area (Å²) in [7, 11) is 0. The van der Waals surface area contributed by atoms with E-state index in [0.717, 1.165) is 6.42 Å². The number of rotatable bonds is 4. The van der Waals surface area contributed by atoms with Gasteiger partial charge in [0.2, 0.25) is 11.8 Å². The summed E-state index contributed by atoms with van der Waals surface area (Å²) in [6.45, 7) is 5.15. The van der Waals surface area contributed by atoms with Crippen molar-refractivity contribution in [3.8, 4) is 0 Å². The molecule has 5 heteroatoms. The van der Waals surface area contributed by atoms with Crippen LogP contribution in [0.15, 0.2) is 0 Å². The van der Waals surface area contributed by atoms with Gasteiger partial charge in [-0.25, -0.2) is 0 Å². The van der Waals surface area contributed by atoms with Crippen LogP contribution in [0.3, 0.4) is 0 Å². The van der Waals surface area contributed by atoms with Gasteiger partial charge in [0, 0.05) is 6.54 Å². The first-order valence-electron chi connectivity index (χ1n) is 5.24. The summed E-state index contributed by atoms with van der Waals surface area (Å²) in [5, 5.41) is 5.35. The van der Waals surface area contributed by atoms with Gasteiger partial charge < -0.3 is 15.4 Å². The first kappa shape index (κ1) is 12.0. The van der Waals surface area contributed by atoms with Crippen LogP contribution in [0.2, 0.25) is 0 Å². The minimum Gasteiger partial charge on any atom is -0.369 e. The predicted octanol–water partition coefficient (Wildman–Crippen LogP) is -0.336. The molecule has 0 aliphatic carbocycles. The molecule has 0 aromatic rings. The number of hydrogen-bond acceptors (Lipinski definition) is 3. The highest BCUT2D eigenvalue weighted by Crippen LogP contribution is 1.98. The molecule has 1 atom stereocenters. The minimum atomic E-state index is -0.529. The molecule has 2 amide bonds. The van der Waals surface area contributed by atoms with Crippen molar-refractivity contribution in [2.45, 2.75) is 26.3 Å². The molecule has 0 aromatic carbocycles. The lowest BCUT2D eigenvalue weighted by Gasteiger charge is -2.22. The normalized spacial score (nSPS) is 21.3. The molecule has 0 aromatic heterocycles. The van der Waals surface area contributed by atoms with Crippen LogP contribution in [0.25, 0.3) is 0 Å². The fraction of sp³-hybridized carbons (Fsp3) is 0.800. The number of ether oxygens (including phenoxy) is 1. The molecular weight excluding hydrogens is 196 g/mol. The summed E-state index contributed by atoms with van der Waals surface area (Å²) in [5.41, 5.74) is 0. The molecule has 5 nitrogen and oxygen atoms in total. The van der Waals surface area contributed by atoms with Crippen molar-refractivity contribution in [3.05, 3.63) is 0 Å². The van der Waals surface area contributed by atoms with Crippen LogP contribution in [-0.2, 0) is 14.3 Å². The number of nitrogens with one attached hydrogen (secondary N) is 2. The Bertz CT molecular complexity index is 241. The Hall–Kier alpha value is -1.10. The SMILES string of the molecule is CC(C)CCNC(=O)C1COCC(=O)N1. The lowest BCUT2D eigenvalue weighted by atomic mass is 10.1. The fourth-order valence-electron chi connectivity index (χ4n) is 1.30. The molecule has 1 heterocycles. The fourth-order valence-corrected chi connectivity index (χ4v) is 1.30. The lowest BCUT2D eigenvalue weighted by molar-refractivity contribution is -0.138. The van der Waals surface area contributed by atoms with E-state index < -0.39 is 6.04 Å². The van der Waals surface area contributed by atoms with Crippen molar-refractivity contribution < 1.29 is 14.3 Å². The summed E-state index contributed by atoms with van der Waals surface area (Å²) in [4.78, 5) is 22.5. The van der Waals surface area contributed by atoms with E-state index in [-0.39, 0.29) is 25.0 Å². The molecule has 15 heavy (non-hydrogen) atoms. The van der Waals surface area contributed by atoms with Crippen molar-refractivity contribution in [3.63, 3.8) is 0 Å². The third-order valence-electron chi connectivity index (χ3n) is 2.19. The van der Waals surface area contributed by atoms with Crippen LogP contribution >= 0.6 is 0 Å². The molecule has 1 rings (SSSR count). The van der Waals surface area contributed by atoms with E-state index in [1.54, 1.807) is 0 Å². The van der Waals surface area contributed by atoms with Crippen LogP contribution in [0.5, 0.6) is 0 Å². The van der Waals surface area contributed by atoms with E-state index in [0.29, 0.717) is 12.5 Å². The topological polar surface area (TPSA) is 67.4 Å². The molecule has 1 fully saturated rings. The summed E-state index contributed by atoms with van der Waals surface area (Å²) in [5.74, 6) is 0.163. The third-order valence-corrected chi connectivity index (χ3v) is 2.19. The Morgan fingerprint density at radius 1 is 1.67 bits per heavy atom. The van der Waals surface area contributed by atoms with Gasteiger partial charge in [-0.3, -0.25) is 9.59 Å². The van der Waals surface area contributed by atoms with E-state index in [1.807, 2.05) is 0 Å². The van der Waals surface area contributed by atoms with Gasteiger partial charge in [0.15, 0.2) is 0 Å². The molecule has 86 valence electrons. The Morgan fingerprint density at radius 3 is 3.00 bits per heavy atom.